The predicted octanol–water partition coefficient (Wildman–Crippen LogP) is 4.45. The summed E-state index contributed by atoms with van der Waals surface area (Å²) in [5.41, 5.74) is 2.50. The van der Waals surface area contributed by atoms with Gasteiger partial charge in [-0.05, 0) is 40.2 Å². The maximum Gasteiger partial charge on any atom is 0.164 e. The second-order valence-corrected chi connectivity index (χ2v) is 5.86. The molecule has 104 valence electrons. The second-order valence-electron chi connectivity index (χ2n) is 4.27. The SMILES string of the molecule is N#Cc1ccc(Cl)c(-n2c(CCl)nc3cc(Br)cnc32)c1. The van der Waals surface area contributed by atoms with Gasteiger partial charge in [0.15, 0.2) is 5.65 Å². The number of imidazole rings is 1. The first-order valence-electron chi connectivity index (χ1n) is 5.93. The van der Waals surface area contributed by atoms with Crippen molar-refractivity contribution in [3.05, 3.63) is 51.3 Å². The molecule has 0 aliphatic heterocycles. The highest BCUT2D eigenvalue weighted by molar-refractivity contribution is 9.10. The van der Waals surface area contributed by atoms with Gasteiger partial charge in [-0.15, -0.1) is 11.6 Å². The second kappa shape index (κ2) is 5.64. The van der Waals surface area contributed by atoms with Gasteiger partial charge in [0.2, 0.25) is 0 Å². The molecule has 0 unspecified atom stereocenters. The van der Waals surface area contributed by atoms with Crippen LogP contribution in [0.2, 0.25) is 5.02 Å². The van der Waals surface area contributed by atoms with Gasteiger partial charge >= 0.3 is 0 Å². The van der Waals surface area contributed by atoms with Crippen molar-refractivity contribution in [3.63, 3.8) is 0 Å². The molecule has 0 aliphatic rings. The molecule has 3 rings (SSSR count). The zero-order chi connectivity index (χ0) is 15.0. The fourth-order valence-electron chi connectivity index (χ4n) is 2.08. The lowest BCUT2D eigenvalue weighted by molar-refractivity contribution is 0.969. The molecule has 0 atom stereocenters. The Bertz CT molecular complexity index is 883. The van der Waals surface area contributed by atoms with Crippen LogP contribution in [0, 0.1) is 11.3 Å². The summed E-state index contributed by atoms with van der Waals surface area (Å²) in [6, 6.07) is 8.99. The van der Waals surface area contributed by atoms with Crippen LogP contribution in [0.4, 0.5) is 0 Å². The first-order valence-corrected chi connectivity index (χ1v) is 7.63. The summed E-state index contributed by atoms with van der Waals surface area (Å²) in [7, 11) is 0. The van der Waals surface area contributed by atoms with Gasteiger partial charge in [-0.25, -0.2) is 9.97 Å². The van der Waals surface area contributed by atoms with Gasteiger partial charge in [-0.3, -0.25) is 4.57 Å². The van der Waals surface area contributed by atoms with E-state index in [-0.39, 0.29) is 5.88 Å². The minimum absolute atomic E-state index is 0.209. The smallest absolute Gasteiger partial charge is 0.164 e. The van der Waals surface area contributed by atoms with E-state index in [2.05, 4.69) is 32.0 Å². The van der Waals surface area contributed by atoms with Crippen molar-refractivity contribution in [2.75, 3.05) is 0 Å². The average molecular weight is 382 g/mol. The van der Waals surface area contributed by atoms with E-state index in [1.165, 1.54) is 0 Å². The number of rotatable bonds is 2. The summed E-state index contributed by atoms with van der Waals surface area (Å²) in [4.78, 5) is 8.84. The molecule has 2 heterocycles. The fourth-order valence-corrected chi connectivity index (χ4v) is 2.78. The van der Waals surface area contributed by atoms with Crippen molar-refractivity contribution in [1.29, 1.82) is 5.26 Å². The lowest BCUT2D eigenvalue weighted by atomic mass is 10.2. The van der Waals surface area contributed by atoms with E-state index in [0.29, 0.717) is 33.3 Å². The van der Waals surface area contributed by atoms with Crippen molar-refractivity contribution < 1.29 is 0 Å². The number of fused-ring (bicyclic) bond motifs is 1. The number of alkyl halides is 1. The van der Waals surface area contributed by atoms with Crippen LogP contribution in [0.25, 0.3) is 16.9 Å². The van der Waals surface area contributed by atoms with Crippen LogP contribution in [-0.2, 0) is 5.88 Å². The Balaban J connectivity index is 2.36. The summed E-state index contributed by atoms with van der Waals surface area (Å²) < 4.78 is 2.61. The van der Waals surface area contributed by atoms with Crippen LogP contribution in [0.1, 0.15) is 11.4 Å². The van der Waals surface area contributed by atoms with Crippen LogP contribution >= 0.6 is 39.1 Å². The minimum Gasteiger partial charge on any atom is -0.278 e. The van der Waals surface area contributed by atoms with Crippen molar-refractivity contribution in [1.82, 2.24) is 14.5 Å². The predicted molar refractivity (Wildman–Crippen MR) is 85.8 cm³/mol. The molecule has 0 bridgehead atoms. The molecular formula is C14H7BrCl2N4. The number of aromatic nitrogens is 3. The minimum atomic E-state index is 0.209. The van der Waals surface area contributed by atoms with Crippen LogP contribution in [0.5, 0.6) is 0 Å². The van der Waals surface area contributed by atoms with E-state index in [1.807, 2.05) is 6.07 Å². The van der Waals surface area contributed by atoms with Gasteiger partial charge in [0.1, 0.15) is 11.3 Å². The van der Waals surface area contributed by atoms with Crippen molar-refractivity contribution in [2.45, 2.75) is 5.88 Å². The molecule has 0 amide bonds. The Morgan fingerprint density at radius 2 is 2.14 bits per heavy atom. The first kappa shape index (κ1) is 14.3. The summed E-state index contributed by atoms with van der Waals surface area (Å²) in [5, 5.41) is 9.56. The Morgan fingerprint density at radius 3 is 2.86 bits per heavy atom. The molecule has 7 heteroatoms. The van der Waals surface area contributed by atoms with E-state index in [9.17, 15) is 0 Å². The number of hydrogen-bond acceptors (Lipinski definition) is 3. The molecule has 0 aliphatic carbocycles. The number of benzene rings is 1. The topological polar surface area (TPSA) is 54.5 Å². The summed E-state index contributed by atoms with van der Waals surface area (Å²) in [6.45, 7) is 0. The van der Waals surface area contributed by atoms with E-state index in [4.69, 9.17) is 28.5 Å². The third-order valence-corrected chi connectivity index (χ3v) is 3.96. The van der Waals surface area contributed by atoms with Gasteiger partial charge in [0.25, 0.3) is 0 Å². The third-order valence-electron chi connectivity index (χ3n) is 2.97. The van der Waals surface area contributed by atoms with E-state index < -0.39 is 0 Å². The number of halogens is 3. The highest BCUT2D eigenvalue weighted by Gasteiger charge is 2.16. The van der Waals surface area contributed by atoms with Gasteiger partial charge in [0, 0.05) is 10.7 Å². The Kier molecular flexibility index (Phi) is 3.85. The molecule has 4 nitrogen and oxygen atoms in total. The maximum absolute atomic E-state index is 9.06. The number of nitriles is 1. The van der Waals surface area contributed by atoms with Gasteiger partial charge in [-0.1, -0.05) is 11.6 Å². The van der Waals surface area contributed by atoms with Gasteiger partial charge in [-0.2, -0.15) is 5.26 Å². The number of nitrogens with zero attached hydrogens (tertiary/aromatic N) is 4. The van der Waals surface area contributed by atoms with Crippen LogP contribution in [0.3, 0.4) is 0 Å². The molecular weight excluding hydrogens is 375 g/mol. The van der Waals surface area contributed by atoms with E-state index in [1.54, 1.807) is 29.0 Å². The van der Waals surface area contributed by atoms with Crippen LogP contribution in [-0.4, -0.2) is 14.5 Å². The first-order chi connectivity index (χ1) is 10.1. The zero-order valence-electron chi connectivity index (χ0n) is 10.5. The Hall–Kier alpha value is -1.61. The maximum atomic E-state index is 9.06. The summed E-state index contributed by atoms with van der Waals surface area (Å²) >= 11 is 15.6. The molecule has 0 spiro atoms. The quantitative estimate of drug-likeness (QED) is 0.616. The molecule has 0 saturated carbocycles. The van der Waals surface area contributed by atoms with Gasteiger partial charge in [0.05, 0.1) is 28.2 Å². The summed E-state index contributed by atoms with van der Waals surface area (Å²) in [6.07, 6.45) is 1.68. The van der Waals surface area contributed by atoms with Gasteiger partial charge < -0.3 is 0 Å². The molecule has 0 saturated heterocycles. The Labute approximate surface area is 139 Å². The average Bonchev–Trinajstić information content (AvgIpc) is 2.85. The molecule has 2 aromatic heterocycles. The van der Waals surface area contributed by atoms with Crippen LogP contribution in [0.15, 0.2) is 34.9 Å². The molecule has 0 fully saturated rings. The lowest BCUT2D eigenvalue weighted by Crippen LogP contribution is -2.01. The van der Waals surface area contributed by atoms with Crippen molar-refractivity contribution in [3.8, 4) is 11.8 Å². The number of pyridine rings is 1. The normalized spacial score (nSPS) is 10.8. The highest BCUT2D eigenvalue weighted by Crippen LogP contribution is 2.28. The Morgan fingerprint density at radius 1 is 1.33 bits per heavy atom. The number of hydrogen-bond donors (Lipinski definition) is 0. The summed E-state index contributed by atoms with van der Waals surface area (Å²) in [5.74, 6) is 0.829. The molecule has 0 N–H and O–H groups in total. The highest BCUT2D eigenvalue weighted by atomic mass is 79.9. The zero-order valence-corrected chi connectivity index (χ0v) is 13.6. The lowest BCUT2D eigenvalue weighted by Gasteiger charge is -2.09. The molecule has 21 heavy (non-hydrogen) atoms. The van der Waals surface area contributed by atoms with E-state index in [0.717, 1.165) is 4.47 Å². The monoisotopic (exact) mass is 380 g/mol. The van der Waals surface area contributed by atoms with E-state index >= 15 is 0 Å². The molecule has 3 aromatic rings. The third kappa shape index (κ3) is 2.51. The van der Waals surface area contributed by atoms with Crippen LogP contribution < -0.4 is 0 Å². The molecule has 0 radical (unpaired) electrons. The van der Waals surface area contributed by atoms with Crippen molar-refractivity contribution in [2.24, 2.45) is 0 Å². The van der Waals surface area contributed by atoms with Crippen molar-refractivity contribution >= 4 is 50.3 Å². The standard InChI is InChI=1S/C14H7BrCl2N4/c15-9-4-11-14(19-7-9)21(13(5-16)20-11)12-3-8(6-18)1-2-10(12)17/h1-4,7H,5H2. The fraction of sp³-hybridized carbons (Fsp3) is 0.0714. The largest absolute Gasteiger partial charge is 0.278 e. The molecule has 1 aromatic carbocycles.